The van der Waals surface area contributed by atoms with Crippen LogP contribution < -0.4 is 4.74 Å². The number of aromatic amines is 1. The van der Waals surface area contributed by atoms with Crippen LogP contribution in [0.2, 0.25) is 0 Å². The van der Waals surface area contributed by atoms with Crippen LogP contribution in [-0.2, 0) is 0 Å². The van der Waals surface area contributed by atoms with Crippen molar-refractivity contribution in [1.82, 2.24) is 25.1 Å². The van der Waals surface area contributed by atoms with Gasteiger partial charge in [-0.15, -0.1) is 0 Å². The van der Waals surface area contributed by atoms with E-state index in [1.165, 1.54) is 0 Å². The van der Waals surface area contributed by atoms with Crippen molar-refractivity contribution >= 4 is 5.91 Å². The molecule has 0 radical (unpaired) electrons. The predicted molar refractivity (Wildman–Crippen MR) is 105 cm³/mol. The van der Waals surface area contributed by atoms with Crippen LogP contribution in [-0.4, -0.2) is 51.2 Å². The average Bonchev–Trinajstić information content (AvgIpc) is 3.19. The number of hydrogen-bond acceptors (Lipinski definition) is 5. The molecule has 1 N–H and O–H groups in total. The third-order valence-corrected chi connectivity index (χ3v) is 5.21. The largest absolute Gasteiger partial charge is 0.497 e. The second kappa shape index (κ2) is 7.80. The van der Waals surface area contributed by atoms with Gasteiger partial charge in [-0.3, -0.25) is 14.9 Å². The molecule has 0 saturated carbocycles. The highest BCUT2D eigenvalue weighted by molar-refractivity contribution is 5.95. The van der Waals surface area contributed by atoms with E-state index in [-0.39, 0.29) is 11.8 Å². The van der Waals surface area contributed by atoms with Crippen molar-refractivity contribution < 1.29 is 9.53 Å². The molecule has 7 nitrogen and oxygen atoms in total. The quantitative estimate of drug-likeness (QED) is 0.755. The van der Waals surface area contributed by atoms with Crippen LogP contribution in [0.1, 0.15) is 40.5 Å². The van der Waals surface area contributed by atoms with Crippen LogP contribution in [0.5, 0.6) is 5.75 Å². The summed E-state index contributed by atoms with van der Waals surface area (Å²) in [4.78, 5) is 24.0. The van der Waals surface area contributed by atoms with Gasteiger partial charge in [0.25, 0.3) is 5.91 Å². The molecule has 4 rings (SSSR count). The highest BCUT2D eigenvalue weighted by Gasteiger charge is 2.28. The number of nitrogens with one attached hydrogen (secondary N) is 1. The van der Waals surface area contributed by atoms with Crippen molar-refractivity contribution in [3.05, 3.63) is 59.8 Å². The number of ether oxygens (including phenoxy) is 1. The molecule has 1 atom stereocenters. The molecule has 1 aromatic carbocycles. The molecular weight excluding hydrogens is 354 g/mol. The fourth-order valence-corrected chi connectivity index (χ4v) is 3.64. The Hall–Kier alpha value is -3.22. The number of hydrogen-bond donors (Lipinski definition) is 1. The summed E-state index contributed by atoms with van der Waals surface area (Å²) in [6, 6.07) is 7.79. The zero-order valence-electron chi connectivity index (χ0n) is 16.1. The fraction of sp³-hybridized carbons (Fsp3) is 0.333. The van der Waals surface area contributed by atoms with Crippen molar-refractivity contribution in [2.45, 2.75) is 25.7 Å². The summed E-state index contributed by atoms with van der Waals surface area (Å²) >= 11 is 0. The van der Waals surface area contributed by atoms with E-state index in [1.54, 1.807) is 19.5 Å². The molecule has 3 aromatic rings. The number of nitrogens with zero attached hydrogens (tertiary/aromatic N) is 4. The van der Waals surface area contributed by atoms with Crippen molar-refractivity contribution in [3.63, 3.8) is 0 Å². The number of rotatable bonds is 4. The molecule has 3 heterocycles. The lowest BCUT2D eigenvalue weighted by molar-refractivity contribution is 0.0705. The minimum absolute atomic E-state index is 0.0212. The lowest BCUT2D eigenvalue weighted by Gasteiger charge is -2.32. The summed E-state index contributed by atoms with van der Waals surface area (Å²) in [5, 5.41) is 6.81. The van der Waals surface area contributed by atoms with E-state index in [4.69, 9.17) is 9.72 Å². The number of methoxy groups -OCH3 is 1. The molecule has 1 fully saturated rings. The number of carbonyl (C=O) groups is 1. The van der Waals surface area contributed by atoms with E-state index < -0.39 is 0 Å². The highest BCUT2D eigenvalue weighted by atomic mass is 16.5. The first-order chi connectivity index (χ1) is 13.7. The maximum absolute atomic E-state index is 12.8. The number of benzene rings is 1. The summed E-state index contributed by atoms with van der Waals surface area (Å²) in [7, 11) is 1.65. The Kier molecular flexibility index (Phi) is 5.06. The zero-order valence-corrected chi connectivity index (χ0v) is 16.1. The van der Waals surface area contributed by atoms with Crippen LogP contribution in [0.15, 0.2) is 42.9 Å². The first-order valence-electron chi connectivity index (χ1n) is 9.41. The van der Waals surface area contributed by atoms with E-state index in [1.807, 2.05) is 42.3 Å². The Labute approximate surface area is 163 Å². The van der Waals surface area contributed by atoms with Gasteiger partial charge in [0.15, 0.2) is 0 Å². The van der Waals surface area contributed by atoms with E-state index in [9.17, 15) is 4.79 Å². The number of piperidine rings is 1. The molecule has 0 aliphatic carbocycles. The molecule has 0 bridgehead atoms. The zero-order chi connectivity index (χ0) is 19.5. The van der Waals surface area contributed by atoms with E-state index in [2.05, 4.69) is 15.2 Å². The maximum Gasteiger partial charge on any atom is 0.257 e. The fourth-order valence-electron chi connectivity index (χ4n) is 3.64. The number of carbonyl (C=O) groups excluding carboxylic acids is 1. The highest BCUT2D eigenvalue weighted by Crippen LogP contribution is 2.29. The number of likely N-dealkylation sites (tertiary alicyclic amines) is 1. The van der Waals surface area contributed by atoms with Crippen molar-refractivity contribution in [2.24, 2.45) is 0 Å². The third kappa shape index (κ3) is 3.60. The Morgan fingerprint density at radius 2 is 2.18 bits per heavy atom. The van der Waals surface area contributed by atoms with E-state index in [0.717, 1.165) is 47.8 Å². The maximum atomic E-state index is 12.8. The number of amides is 1. The van der Waals surface area contributed by atoms with Crippen molar-refractivity contribution in [1.29, 1.82) is 0 Å². The number of aryl methyl sites for hydroxylation is 1. The first-order valence-corrected chi connectivity index (χ1v) is 9.41. The molecule has 1 amide bonds. The molecular formula is C21H23N5O2. The van der Waals surface area contributed by atoms with Gasteiger partial charge in [0, 0.05) is 36.5 Å². The van der Waals surface area contributed by atoms with Gasteiger partial charge in [-0.2, -0.15) is 5.10 Å². The van der Waals surface area contributed by atoms with E-state index in [0.29, 0.717) is 12.1 Å². The molecule has 1 aliphatic heterocycles. The van der Waals surface area contributed by atoms with Gasteiger partial charge < -0.3 is 9.64 Å². The summed E-state index contributed by atoms with van der Waals surface area (Å²) in [5.74, 6) is 0.977. The standard InChI is InChI=1S/C21H23N5O2/c1-14-18(10-23-25-14)21(27)26-8-4-6-16(13-26)20-12-22-11-19(24-20)15-5-3-7-17(9-15)28-2/h3,5,7,9-12,16H,4,6,8,13H2,1-2H3,(H,23,25)/t16-/m0/s1. The van der Waals surface area contributed by atoms with Gasteiger partial charge in [-0.25, -0.2) is 4.98 Å². The minimum Gasteiger partial charge on any atom is -0.497 e. The monoisotopic (exact) mass is 377 g/mol. The van der Waals surface area contributed by atoms with Crippen LogP contribution in [0.25, 0.3) is 11.3 Å². The van der Waals surface area contributed by atoms with Gasteiger partial charge in [0.1, 0.15) is 5.75 Å². The van der Waals surface area contributed by atoms with Gasteiger partial charge in [-0.05, 0) is 31.9 Å². The molecule has 0 unspecified atom stereocenters. The average molecular weight is 377 g/mol. The molecule has 144 valence electrons. The second-order valence-corrected chi connectivity index (χ2v) is 7.06. The van der Waals surface area contributed by atoms with Gasteiger partial charge in [0.05, 0.1) is 36.5 Å². The van der Waals surface area contributed by atoms with Crippen LogP contribution in [0.3, 0.4) is 0 Å². The molecule has 7 heteroatoms. The minimum atomic E-state index is 0.0212. The summed E-state index contributed by atoms with van der Waals surface area (Å²) in [6.45, 7) is 3.26. The lowest BCUT2D eigenvalue weighted by Crippen LogP contribution is -2.39. The van der Waals surface area contributed by atoms with Gasteiger partial charge >= 0.3 is 0 Å². The van der Waals surface area contributed by atoms with Crippen molar-refractivity contribution in [3.8, 4) is 17.0 Å². The summed E-state index contributed by atoms with van der Waals surface area (Å²) in [6.07, 6.45) is 7.11. The van der Waals surface area contributed by atoms with Crippen LogP contribution in [0, 0.1) is 6.92 Å². The molecule has 28 heavy (non-hydrogen) atoms. The number of H-pyrrole nitrogens is 1. The van der Waals surface area contributed by atoms with Crippen LogP contribution >= 0.6 is 0 Å². The summed E-state index contributed by atoms with van der Waals surface area (Å²) < 4.78 is 5.31. The predicted octanol–water partition coefficient (Wildman–Crippen LogP) is 3.20. The normalized spacial score (nSPS) is 16.8. The van der Waals surface area contributed by atoms with Gasteiger partial charge in [0.2, 0.25) is 0 Å². The van der Waals surface area contributed by atoms with Gasteiger partial charge in [-0.1, -0.05) is 12.1 Å². The Morgan fingerprint density at radius 1 is 1.29 bits per heavy atom. The molecule has 1 saturated heterocycles. The smallest absolute Gasteiger partial charge is 0.257 e. The Morgan fingerprint density at radius 3 is 2.96 bits per heavy atom. The number of aromatic nitrogens is 4. The molecule has 0 spiro atoms. The third-order valence-electron chi connectivity index (χ3n) is 5.21. The van der Waals surface area contributed by atoms with Crippen LogP contribution in [0.4, 0.5) is 0 Å². The lowest BCUT2D eigenvalue weighted by atomic mass is 9.94. The van der Waals surface area contributed by atoms with Crippen molar-refractivity contribution in [2.75, 3.05) is 20.2 Å². The molecule has 1 aliphatic rings. The van der Waals surface area contributed by atoms with E-state index >= 15 is 0 Å². The second-order valence-electron chi connectivity index (χ2n) is 7.06. The first kappa shape index (κ1) is 18.2. The Bertz CT molecular complexity index is 984. The topological polar surface area (TPSA) is 84.0 Å². The SMILES string of the molecule is COc1cccc(-c2cncc([C@H]3CCCN(C(=O)c4cn[nH]c4C)C3)n2)c1. The molecule has 2 aromatic heterocycles. The summed E-state index contributed by atoms with van der Waals surface area (Å²) in [5.41, 5.74) is 4.13. The Balaban J connectivity index is 1.55.